The molecule has 2 unspecified atom stereocenters. The molecule has 4 heteroatoms. The molecule has 0 aromatic rings. The lowest BCUT2D eigenvalue weighted by Crippen LogP contribution is -2.45. The Morgan fingerprint density at radius 2 is 1.08 bits per heavy atom. The fraction of sp³-hybridized carbons (Fsp3) is 0.781. The largest absolute Gasteiger partial charge is 0.394 e. The van der Waals surface area contributed by atoms with E-state index in [0.717, 1.165) is 44.9 Å². The van der Waals surface area contributed by atoms with Crippen molar-refractivity contribution in [3.63, 3.8) is 0 Å². The maximum atomic E-state index is 12.2. The number of nitrogens with one attached hydrogen (secondary N) is 1. The summed E-state index contributed by atoms with van der Waals surface area (Å²) in [6, 6.07) is -0.638. The van der Waals surface area contributed by atoms with Gasteiger partial charge in [0.2, 0.25) is 5.91 Å². The second-order valence-electron chi connectivity index (χ2n) is 10.2. The van der Waals surface area contributed by atoms with Crippen molar-refractivity contribution in [2.24, 2.45) is 0 Å². The molecular formula is C32H59NO3. The van der Waals surface area contributed by atoms with Crippen molar-refractivity contribution in [3.05, 3.63) is 36.5 Å². The normalized spacial score (nSPS) is 13.8. The highest BCUT2D eigenvalue weighted by Gasteiger charge is 2.17. The summed E-state index contributed by atoms with van der Waals surface area (Å²) < 4.78 is 0. The Morgan fingerprint density at radius 1 is 0.639 bits per heavy atom. The van der Waals surface area contributed by atoms with E-state index >= 15 is 0 Å². The number of rotatable bonds is 26. The van der Waals surface area contributed by atoms with Crippen LogP contribution < -0.4 is 5.32 Å². The fourth-order valence-electron chi connectivity index (χ4n) is 4.18. The van der Waals surface area contributed by atoms with Crippen LogP contribution in [0.25, 0.3) is 0 Å². The fourth-order valence-corrected chi connectivity index (χ4v) is 4.18. The predicted molar refractivity (Wildman–Crippen MR) is 156 cm³/mol. The standard InChI is InChI=1S/C32H59NO3/c1-3-5-7-9-11-13-14-15-16-17-18-20-22-24-26-28-32(36)33-30(29-34)31(35)27-25-23-21-19-12-10-8-6-4-2/h12,15-16,19,25,27,30-31,34-35H,3-11,13-14,17-18,20-24,26,28-29H2,1-2H3,(H,33,36)/b16-15-,19-12+,27-25+. The van der Waals surface area contributed by atoms with Crippen molar-refractivity contribution >= 4 is 5.91 Å². The molecule has 0 aromatic carbocycles. The van der Waals surface area contributed by atoms with Crippen LogP contribution in [0.3, 0.4) is 0 Å². The summed E-state index contributed by atoms with van der Waals surface area (Å²) in [4.78, 5) is 12.2. The van der Waals surface area contributed by atoms with Crippen LogP contribution >= 0.6 is 0 Å². The summed E-state index contributed by atoms with van der Waals surface area (Å²) in [7, 11) is 0. The number of amides is 1. The van der Waals surface area contributed by atoms with Gasteiger partial charge in [0.25, 0.3) is 0 Å². The van der Waals surface area contributed by atoms with E-state index in [1.54, 1.807) is 6.08 Å². The lowest BCUT2D eigenvalue weighted by Gasteiger charge is -2.19. The Bertz CT molecular complexity index is 556. The number of aliphatic hydroxyl groups is 2. The first-order valence-electron chi connectivity index (χ1n) is 15.2. The first-order valence-corrected chi connectivity index (χ1v) is 15.2. The molecule has 2 atom stereocenters. The average Bonchev–Trinajstić information content (AvgIpc) is 2.88. The van der Waals surface area contributed by atoms with Crippen LogP contribution in [0.1, 0.15) is 142 Å². The molecule has 0 rings (SSSR count). The van der Waals surface area contributed by atoms with Gasteiger partial charge >= 0.3 is 0 Å². The Labute approximate surface area is 223 Å². The molecule has 36 heavy (non-hydrogen) atoms. The zero-order valence-electron chi connectivity index (χ0n) is 23.8. The van der Waals surface area contributed by atoms with Crippen LogP contribution in [-0.2, 0) is 4.79 Å². The molecule has 0 fully saturated rings. The molecule has 0 bridgehead atoms. The van der Waals surface area contributed by atoms with E-state index in [0.29, 0.717) is 6.42 Å². The molecule has 0 radical (unpaired) electrons. The van der Waals surface area contributed by atoms with E-state index in [1.807, 2.05) is 6.08 Å². The van der Waals surface area contributed by atoms with Crippen molar-refractivity contribution in [3.8, 4) is 0 Å². The van der Waals surface area contributed by atoms with Gasteiger partial charge in [-0.2, -0.15) is 0 Å². The number of hydrogen-bond acceptors (Lipinski definition) is 3. The van der Waals surface area contributed by atoms with Crippen molar-refractivity contribution in [1.82, 2.24) is 5.32 Å². The molecule has 0 saturated heterocycles. The maximum Gasteiger partial charge on any atom is 0.220 e. The minimum atomic E-state index is -0.860. The van der Waals surface area contributed by atoms with Crippen molar-refractivity contribution in [2.75, 3.05) is 6.61 Å². The quantitative estimate of drug-likeness (QED) is 0.0817. The number of allylic oxidation sites excluding steroid dienone is 5. The van der Waals surface area contributed by atoms with Gasteiger partial charge in [0, 0.05) is 6.42 Å². The molecule has 0 saturated carbocycles. The highest BCUT2D eigenvalue weighted by Crippen LogP contribution is 2.10. The van der Waals surface area contributed by atoms with Gasteiger partial charge in [0.05, 0.1) is 18.8 Å². The van der Waals surface area contributed by atoms with Gasteiger partial charge in [-0.25, -0.2) is 0 Å². The number of carbonyl (C=O) groups excluding carboxylic acids is 1. The van der Waals surface area contributed by atoms with Crippen LogP contribution in [0.4, 0.5) is 0 Å². The Kier molecular flexibility index (Phi) is 27.1. The molecule has 0 aliphatic rings. The summed E-state index contributed by atoms with van der Waals surface area (Å²) in [6.07, 6.45) is 35.0. The minimum absolute atomic E-state index is 0.0888. The van der Waals surface area contributed by atoms with Crippen LogP contribution in [-0.4, -0.2) is 34.9 Å². The van der Waals surface area contributed by atoms with Gasteiger partial charge in [0.1, 0.15) is 0 Å². The van der Waals surface area contributed by atoms with Crippen LogP contribution in [0.5, 0.6) is 0 Å². The second-order valence-corrected chi connectivity index (χ2v) is 10.2. The molecule has 4 nitrogen and oxygen atoms in total. The van der Waals surface area contributed by atoms with Crippen LogP contribution in [0.2, 0.25) is 0 Å². The predicted octanol–water partition coefficient (Wildman–Crippen LogP) is 8.33. The molecular weight excluding hydrogens is 446 g/mol. The summed E-state index contributed by atoms with van der Waals surface area (Å²) >= 11 is 0. The van der Waals surface area contributed by atoms with Gasteiger partial charge in [-0.3, -0.25) is 4.79 Å². The topological polar surface area (TPSA) is 69.6 Å². The van der Waals surface area contributed by atoms with E-state index in [9.17, 15) is 15.0 Å². The summed E-state index contributed by atoms with van der Waals surface area (Å²) in [6.45, 7) is 4.21. The lowest BCUT2D eigenvalue weighted by atomic mass is 10.1. The third-order valence-electron chi connectivity index (χ3n) is 6.60. The van der Waals surface area contributed by atoms with Crippen molar-refractivity contribution < 1.29 is 15.0 Å². The third-order valence-corrected chi connectivity index (χ3v) is 6.60. The minimum Gasteiger partial charge on any atom is -0.394 e. The Hall–Kier alpha value is -1.39. The van der Waals surface area contributed by atoms with E-state index in [1.165, 1.54) is 77.0 Å². The van der Waals surface area contributed by atoms with Crippen molar-refractivity contribution in [1.29, 1.82) is 0 Å². The molecule has 3 N–H and O–H groups in total. The molecule has 0 aliphatic heterocycles. The molecule has 0 aliphatic carbocycles. The highest BCUT2D eigenvalue weighted by molar-refractivity contribution is 5.76. The van der Waals surface area contributed by atoms with Crippen molar-refractivity contribution in [2.45, 2.75) is 154 Å². The molecule has 210 valence electrons. The first kappa shape index (κ1) is 34.6. The van der Waals surface area contributed by atoms with Gasteiger partial charge < -0.3 is 15.5 Å². The first-order chi connectivity index (χ1) is 17.7. The molecule has 0 heterocycles. The zero-order valence-corrected chi connectivity index (χ0v) is 23.8. The Balaban J connectivity index is 3.72. The lowest BCUT2D eigenvalue weighted by molar-refractivity contribution is -0.123. The van der Waals surface area contributed by atoms with Gasteiger partial charge in [-0.15, -0.1) is 0 Å². The number of carbonyl (C=O) groups is 1. The zero-order chi connectivity index (χ0) is 26.5. The van der Waals surface area contributed by atoms with E-state index < -0.39 is 12.1 Å². The summed E-state index contributed by atoms with van der Waals surface area (Å²) in [5.41, 5.74) is 0. The van der Waals surface area contributed by atoms with E-state index in [4.69, 9.17) is 0 Å². The second kappa shape index (κ2) is 28.2. The van der Waals surface area contributed by atoms with Crippen LogP contribution in [0.15, 0.2) is 36.5 Å². The summed E-state index contributed by atoms with van der Waals surface area (Å²) in [5.74, 6) is -0.0888. The maximum absolute atomic E-state index is 12.2. The summed E-state index contributed by atoms with van der Waals surface area (Å²) in [5, 5.41) is 22.6. The molecule has 0 aromatic heterocycles. The number of aliphatic hydroxyl groups excluding tert-OH is 2. The monoisotopic (exact) mass is 505 g/mol. The highest BCUT2D eigenvalue weighted by atomic mass is 16.3. The van der Waals surface area contributed by atoms with Crippen LogP contribution in [0, 0.1) is 0 Å². The van der Waals surface area contributed by atoms with E-state index in [2.05, 4.69) is 43.5 Å². The SMILES string of the molecule is CCCCC/C=C/CC/C=C/C(O)C(CO)NC(=O)CCCCCCC/C=C\CCCCCCCC. The number of hydrogen-bond donors (Lipinski definition) is 3. The van der Waals surface area contributed by atoms with Gasteiger partial charge in [-0.1, -0.05) is 115 Å². The third kappa shape index (κ3) is 24.3. The molecule has 0 spiro atoms. The van der Waals surface area contributed by atoms with Gasteiger partial charge in [-0.05, 0) is 57.8 Å². The Morgan fingerprint density at radius 3 is 1.67 bits per heavy atom. The van der Waals surface area contributed by atoms with Gasteiger partial charge in [0.15, 0.2) is 0 Å². The average molecular weight is 506 g/mol. The van der Waals surface area contributed by atoms with E-state index in [-0.39, 0.29) is 12.5 Å². The smallest absolute Gasteiger partial charge is 0.220 e. The molecule has 1 amide bonds. The number of unbranched alkanes of at least 4 members (excludes halogenated alkanes) is 15.